The van der Waals surface area contributed by atoms with Crippen LogP contribution in [-0.4, -0.2) is 40.3 Å². The summed E-state index contributed by atoms with van der Waals surface area (Å²) < 4.78 is 0. The molecule has 1 aliphatic heterocycles. The normalized spacial score (nSPS) is 24.8. The Morgan fingerprint density at radius 2 is 2.32 bits per heavy atom. The molecule has 1 N–H and O–H groups in total. The van der Waals surface area contributed by atoms with E-state index in [1.54, 1.807) is 6.20 Å². The number of nitrogens with zero attached hydrogens (tertiary/aromatic N) is 3. The molecule has 4 heteroatoms. The van der Waals surface area contributed by atoms with Gasteiger partial charge in [-0.3, -0.25) is 4.90 Å². The Kier molecular flexibility index (Phi) is 5.28. The highest BCUT2D eigenvalue weighted by atomic mass is 15.2. The van der Waals surface area contributed by atoms with Crippen molar-refractivity contribution in [2.75, 3.05) is 13.1 Å². The van der Waals surface area contributed by atoms with Gasteiger partial charge in [0.25, 0.3) is 0 Å². The van der Waals surface area contributed by atoms with Gasteiger partial charge in [-0.1, -0.05) is 27.2 Å². The zero-order valence-electron chi connectivity index (χ0n) is 12.3. The molecule has 19 heavy (non-hydrogen) atoms. The van der Waals surface area contributed by atoms with Gasteiger partial charge in [0, 0.05) is 37.9 Å². The van der Waals surface area contributed by atoms with Crippen molar-refractivity contribution in [2.24, 2.45) is 5.92 Å². The first kappa shape index (κ1) is 14.4. The first-order chi connectivity index (χ1) is 9.20. The van der Waals surface area contributed by atoms with Gasteiger partial charge in [0.15, 0.2) is 0 Å². The highest BCUT2D eigenvalue weighted by Crippen LogP contribution is 2.18. The van der Waals surface area contributed by atoms with Crippen LogP contribution in [0.3, 0.4) is 0 Å². The van der Waals surface area contributed by atoms with Gasteiger partial charge in [-0.05, 0) is 24.5 Å². The maximum absolute atomic E-state index is 4.23. The molecule has 0 amide bonds. The van der Waals surface area contributed by atoms with Crippen LogP contribution in [0.4, 0.5) is 0 Å². The fourth-order valence-electron chi connectivity index (χ4n) is 2.91. The molecule has 2 heterocycles. The summed E-state index contributed by atoms with van der Waals surface area (Å²) in [6.07, 6.45) is 4.23. The van der Waals surface area contributed by atoms with E-state index in [0.717, 1.165) is 25.3 Å². The molecule has 1 saturated heterocycles. The largest absolute Gasteiger partial charge is 0.311 e. The van der Waals surface area contributed by atoms with Gasteiger partial charge >= 0.3 is 0 Å². The van der Waals surface area contributed by atoms with Crippen LogP contribution in [0, 0.1) is 5.92 Å². The molecule has 1 aromatic rings. The van der Waals surface area contributed by atoms with Crippen molar-refractivity contribution >= 4 is 0 Å². The van der Waals surface area contributed by atoms with E-state index in [0.29, 0.717) is 18.0 Å². The minimum atomic E-state index is 0.593. The highest BCUT2D eigenvalue weighted by Gasteiger charge is 2.29. The monoisotopic (exact) mass is 262 g/mol. The predicted molar refractivity (Wildman–Crippen MR) is 77.8 cm³/mol. The van der Waals surface area contributed by atoms with E-state index in [1.165, 1.54) is 12.8 Å². The molecule has 0 aliphatic carbocycles. The number of piperazine rings is 1. The Morgan fingerprint density at radius 3 is 2.95 bits per heavy atom. The standard InChI is InChI=1S/C15H26N4/c1-4-6-13-10-19(15(9-16-13)12(2)3)11-14-7-5-8-17-18-14/h5,7-8,12-13,15-16H,4,6,9-11H2,1-3H3. The van der Waals surface area contributed by atoms with Gasteiger partial charge in [0.2, 0.25) is 0 Å². The third-order valence-corrected chi connectivity index (χ3v) is 3.94. The maximum atomic E-state index is 4.23. The SMILES string of the molecule is CCCC1CN(Cc2cccnn2)C(C(C)C)CN1. The number of hydrogen-bond donors (Lipinski definition) is 1. The smallest absolute Gasteiger partial charge is 0.0771 e. The van der Waals surface area contributed by atoms with Gasteiger partial charge in [0.1, 0.15) is 0 Å². The lowest BCUT2D eigenvalue weighted by atomic mass is 9.97. The Morgan fingerprint density at radius 1 is 1.47 bits per heavy atom. The van der Waals surface area contributed by atoms with E-state index in [1.807, 2.05) is 6.07 Å². The van der Waals surface area contributed by atoms with E-state index in [9.17, 15) is 0 Å². The van der Waals surface area contributed by atoms with Crippen LogP contribution in [0.15, 0.2) is 18.3 Å². The molecule has 2 unspecified atom stereocenters. The van der Waals surface area contributed by atoms with Crippen molar-refractivity contribution in [3.8, 4) is 0 Å². The minimum Gasteiger partial charge on any atom is -0.311 e. The first-order valence-corrected chi connectivity index (χ1v) is 7.44. The van der Waals surface area contributed by atoms with Crippen LogP contribution in [0.25, 0.3) is 0 Å². The van der Waals surface area contributed by atoms with E-state index in [4.69, 9.17) is 0 Å². The third-order valence-electron chi connectivity index (χ3n) is 3.94. The molecule has 4 nitrogen and oxygen atoms in total. The fraction of sp³-hybridized carbons (Fsp3) is 0.733. The molecule has 0 saturated carbocycles. The topological polar surface area (TPSA) is 41.1 Å². The number of nitrogens with one attached hydrogen (secondary N) is 1. The quantitative estimate of drug-likeness (QED) is 0.882. The van der Waals surface area contributed by atoms with E-state index < -0.39 is 0 Å². The molecule has 0 spiro atoms. The molecule has 1 fully saturated rings. The van der Waals surface area contributed by atoms with Crippen LogP contribution < -0.4 is 5.32 Å². The predicted octanol–water partition coefficient (Wildman–Crippen LogP) is 2.08. The summed E-state index contributed by atoms with van der Waals surface area (Å²) in [5, 5.41) is 11.9. The molecule has 0 radical (unpaired) electrons. The van der Waals surface area contributed by atoms with Crippen molar-refractivity contribution in [3.05, 3.63) is 24.0 Å². The van der Waals surface area contributed by atoms with E-state index in [-0.39, 0.29) is 0 Å². The van der Waals surface area contributed by atoms with Crippen molar-refractivity contribution in [2.45, 2.75) is 52.2 Å². The molecule has 0 aromatic carbocycles. The highest BCUT2D eigenvalue weighted by molar-refractivity contribution is 5.01. The fourth-order valence-corrected chi connectivity index (χ4v) is 2.91. The Balaban J connectivity index is 2.03. The summed E-state index contributed by atoms with van der Waals surface area (Å²) in [4.78, 5) is 2.57. The second kappa shape index (κ2) is 6.96. The Bertz CT molecular complexity index is 366. The summed E-state index contributed by atoms with van der Waals surface area (Å²) in [5.41, 5.74) is 1.07. The zero-order valence-corrected chi connectivity index (χ0v) is 12.3. The maximum Gasteiger partial charge on any atom is 0.0771 e. The molecule has 0 bridgehead atoms. The zero-order chi connectivity index (χ0) is 13.7. The molecule has 2 rings (SSSR count). The number of hydrogen-bond acceptors (Lipinski definition) is 4. The Labute approximate surface area is 116 Å². The number of aromatic nitrogens is 2. The van der Waals surface area contributed by atoms with E-state index in [2.05, 4.69) is 47.3 Å². The lowest BCUT2D eigenvalue weighted by molar-refractivity contribution is 0.0870. The Hall–Kier alpha value is -1.00. The van der Waals surface area contributed by atoms with Gasteiger partial charge in [-0.2, -0.15) is 10.2 Å². The van der Waals surface area contributed by atoms with Crippen LogP contribution in [0.1, 0.15) is 39.3 Å². The molecule has 106 valence electrons. The summed E-state index contributed by atoms with van der Waals surface area (Å²) in [6.45, 7) is 9.98. The summed E-state index contributed by atoms with van der Waals surface area (Å²) >= 11 is 0. The molecule has 2 atom stereocenters. The molecule has 1 aliphatic rings. The summed E-state index contributed by atoms with van der Waals surface area (Å²) in [7, 11) is 0. The average molecular weight is 262 g/mol. The van der Waals surface area contributed by atoms with Gasteiger partial charge < -0.3 is 5.32 Å². The van der Waals surface area contributed by atoms with Crippen molar-refractivity contribution in [3.63, 3.8) is 0 Å². The second-order valence-electron chi connectivity index (χ2n) is 5.85. The van der Waals surface area contributed by atoms with Gasteiger partial charge in [-0.15, -0.1) is 0 Å². The van der Waals surface area contributed by atoms with Crippen LogP contribution in [0.2, 0.25) is 0 Å². The third kappa shape index (κ3) is 3.98. The lowest BCUT2D eigenvalue weighted by Gasteiger charge is -2.42. The minimum absolute atomic E-state index is 0.593. The van der Waals surface area contributed by atoms with Crippen molar-refractivity contribution in [1.82, 2.24) is 20.4 Å². The van der Waals surface area contributed by atoms with Gasteiger partial charge in [-0.25, -0.2) is 0 Å². The second-order valence-corrected chi connectivity index (χ2v) is 5.85. The van der Waals surface area contributed by atoms with E-state index >= 15 is 0 Å². The summed E-state index contributed by atoms with van der Waals surface area (Å²) in [6, 6.07) is 5.26. The van der Waals surface area contributed by atoms with Crippen molar-refractivity contribution in [1.29, 1.82) is 0 Å². The van der Waals surface area contributed by atoms with Crippen LogP contribution >= 0.6 is 0 Å². The molecular weight excluding hydrogens is 236 g/mol. The average Bonchev–Trinajstić information content (AvgIpc) is 2.40. The summed E-state index contributed by atoms with van der Waals surface area (Å²) in [5.74, 6) is 0.659. The number of rotatable bonds is 5. The van der Waals surface area contributed by atoms with Crippen molar-refractivity contribution < 1.29 is 0 Å². The molecule has 1 aromatic heterocycles. The van der Waals surface area contributed by atoms with Crippen LogP contribution in [-0.2, 0) is 6.54 Å². The molecular formula is C15H26N4. The van der Waals surface area contributed by atoms with Crippen LogP contribution in [0.5, 0.6) is 0 Å². The first-order valence-electron chi connectivity index (χ1n) is 7.44. The lowest BCUT2D eigenvalue weighted by Crippen LogP contribution is -2.57. The van der Waals surface area contributed by atoms with Gasteiger partial charge in [0.05, 0.1) is 5.69 Å².